The summed E-state index contributed by atoms with van der Waals surface area (Å²) in [7, 11) is 0. The number of pyridine rings is 1. The highest BCUT2D eigenvalue weighted by atomic mass is 16.5. The van der Waals surface area contributed by atoms with E-state index in [1.165, 1.54) is 6.20 Å². The summed E-state index contributed by atoms with van der Waals surface area (Å²) in [5.41, 5.74) is 3.52. The number of hydrogen-bond donors (Lipinski definition) is 4. The number of fused-ring (bicyclic) bond motifs is 1. The number of nitrogens with zero attached hydrogens (tertiary/aromatic N) is 3. The minimum absolute atomic E-state index is 0.258. The molecule has 0 aliphatic heterocycles. The van der Waals surface area contributed by atoms with Crippen LogP contribution in [0.4, 0.5) is 22.1 Å². The molecule has 0 atom stereocenters. The van der Waals surface area contributed by atoms with Gasteiger partial charge in [-0.1, -0.05) is 55.3 Å². The molecule has 0 bridgehead atoms. The zero-order chi connectivity index (χ0) is 29.5. The molecule has 0 saturated carbocycles. The number of carbonyl (C=O) groups is 2. The number of aliphatic hydroxyl groups excluding tert-OH is 1. The fourth-order valence-corrected chi connectivity index (χ4v) is 4.47. The van der Waals surface area contributed by atoms with E-state index in [0.717, 1.165) is 47.0 Å². The van der Waals surface area contributed by atoms with Gasteiger partial charge in [0.15, 0.2) is 0 Å². The summed E-state index contributed by atoms with van der Waals surface area (Å²) in [5.74, 6) is 1.27. The lowest BCUT2D eigenvalue weighted by Crippen LogP contribution is -2.21. The van der Waals surface area contributed by atoms with Crippen molar-refractivity contribution in [1.82, 2.24) is 14.8 Å². The van der Waals surface area contributed by atoms with Crippen molar-refractivity contribution in [2.24, 2.45) is 0 Å². The lowest BCUT2D eigenvalue weighted by atomic mass is 10.1. The highest BCUT2D eigenvalue weighted by molar-refractivity contribution is 6.07. The lowest BCUT2D eigenvalue weighted by Gasteiger charge is -2.14. The van der Waals surface area contributed by atoms with Gasteiger partial charge in [-0.15, -0.1) is 0 Å². The van der Waals surface area contributed by atoms with Crippen LogP contribution in [0.3, 0.4) is 0 Å². The van der Waals surface area contributed by atoms with Crippen LogP contribution in [0.15, 0.2) is 85.1 Å². The average Bonchev–Trinajstić information content (AvgIpc) is 3.40. The van der Waals surface area contributed by atoms with Crippen molar-refractivity contribution >= 4 is 40.0 Å². The van der Waals surface area contributed by atoms with Gasteiger partial charge < -0.3 is 20.5 Å². The Kier molecular flexibility index (Phi) is 8.74. The van der Waals surface area contributed by atoms with Crippen LogP contribution in [0.1, 0.15) is 31.0 Å². The van der Waals surface area contributed by atoms with Crippen molar-refractivity contribution in [3.8, 4) is 17.2 Å². The molecule has 10 heteroatoms. The number of unbranched alkanes of at least 4 members (excludes halogenated alkanes) is 1. The summed E-state index contributed by atoms with van der Waals surface area (Å²) in [6.07, 6.45) is 4.38. The smallest absolute Gasteiger partial charge is 0.324 e. The number of nitrogens with one attached hydrogen (secondary N) is 3. The van der Waals surface area contributed by atoms with Crippen molar-refractivity contribution in [3.05, 3.63) is 96.3 Å². The number of aryl methyl sites for hydroxylation is 2. The molecule has 0 radical (unpaired) electrons. The Balaban J connectivity index is 1.37. The summed E-state index contributed by atoms with van der Waals surface area (Å²) < 4.78 is 7.87. The van der Waals surface area contributed by atoms with E-state index in [1.807, 2.05) is 61.5 Å². The van der Waals surface area contributed by atoms with Gasteiger partial charge in [0, 0.05) is 29.1 Å². The number of aliphatic hydroxyl groups is 1. The van der Waals surface area contributed by atoms with Gasteiger partial charge in [0.1, 0.15) is 29.7 Å². The number of ether oxygens (including phenoxy) is 1. The molecule has 42 heavy (non-hydrogen) atoms. The summed E-state index contributed by atoms with van der Waals surface area (Å²) in [4.78, 5) is 28.9. The van der Waals surface area contributed by atoms with Gasteiger partial charge >= 0.3 is 6.03 Å². The first-order valence-electron chi connectivity index (χ1n) is 13.7. The molecule has 0 fully saturated rings. The molecule has 2 heterocycles. The molecular formula is C32H32N6O4. The van der Waals surface area contributed by atoms with Crippen molar-refractivity contribution in [2.75, 3.05) is 22.6 Å². The van der Waals surface area contributed by atoms with E-state index in [1.54, 1.807) is 28.9 Å². The van der Waals surface area contributed by atoms with Gasteiger partial charge in [-0.05, 0) is 50.1 Å². The summed E-state index contributed by atoms with van der Waals surface area (Å²) in [6.45, 7) is 3.52. The van der Waals surface area contributed by atoms with Gasteiger partial charge in [-0.3, -0.25) is 10.1 Å². The molecular weight excluding hydrogens is 532 g/mol. The fourth-order valence-electron chi connectivity index (χ4n) is 4.47. The number of amides is 3. The van der Waals surface area contributed by atoms with Crippen molar-refractivity contribution in [3.63, 3.8) is 0 Å². The van der Waals surface area contributed by atoms with E-state index in [2.05, 4.69) is 27.9 Å². The largest absolute Gasteiger partial charge is 0.457 e. The molecule has 3 amide bonds. The van der Waals surface area contributed by atoms with Crippen molar-refractivity contribution in [2.45, 2.75) is 33.1 Å². The Hall–Kier alpha value is -5.22. The van der Waals surface area contributed by atoms with E-state index < -0.39 is 18.5 Å². The van der Waals surface area contributed by atoms with Crippen LogP contribution >= 0.6 is 0 Å². The molecule has 2 aromatic heterocycles. The summed E-state index contributed by atoms with van der Waals surface area (Å²) in [5, 5.41) is 23.7. The van der Waals surface area contributed by atoms with Crippen LogP contribution in [-0.2, 0) is 11.2 Å². The minimum atomic E-state index is -0.645. The Morgan fingerprint density at radius 2 is 1.71 bits per heavy atom. The molecule has 10 nitrogen and oxygen atoms in total. The number of hydrogen-bond acceptors (Lipinski definition) is 6. The number of rotatable bonds is 10. The second kappa shape index (κ2) is 13.0. The minimum Gasteiger partial charge on any atom is -0.457 e. The summed E-state index contributed by atoms with van der Waals surface area (Å²) >= 11 is 0. The number of aromatic nitrogens is 3. The maximum Gasteiger partial charge on any atom is 0.324 e. The van der Waals surface area contributed by atoms with Crippen LogP contribution in [0.25, 0.3) is 16.5 Å². The third-order valence-corrected chi connectivity index (χ3v) is 6.57. The molecule has 0 spiro atoms. The first-order chi connectivity index (χ1) is 20.4. The zero-order valence-corrected chi connectivity index (χ0v) is 23.4. The molecule has 0 aliphatic carbocycles. The number of benzene rings is 3. The van der Waals surface area contributed by atoms with Crippen LogP contribution in [0.2, 0.25) is 0 Å². The maximum atomic E-state index is 13.3. The SMILES string of the molecule is CCCCc1cc(NC(=O)Nc2ccc(Oc3ccnc(NC(=O)CO)c3)c3ccccc23)n(-c2ccc(C)cc2)n1. The first-order valence-corrected chi connectivity index (χ1v) is 13.7. The number of carbonyl (C=O) groups excluding carboxylic acids is 2. The first kappa shape index (κ1) is 28.3. The van der Waals surface area contributed by atoms with Gasteiger partial charge in [0.05, 0.1) is 17.1 Å². The summed E-state index contributed by atoms with van der Waals surface area (Å²) in [6, 6.07) is 23.8. The second-order valence-electron chi connectivity index (χ2n) is 9.79. The molecule has 0 aliphatic rings. The topological polar surface area (TPSA) is 130 Å². The third-order valence-electron chi connectivity index (χ3n) is 6.57. The fraction of sp³-hybridized carbons (Fsp3) is 0.188. The number of urea groups is 1. The van der Waals surface area contributed by atoms with Crippen molar-refractivity contribution < 1.29 is 19.4 Å². The number of anilines is 3. The monoisotopic (exact) mass is 564 g/mol. The Morgan fingerprint density at radius 1 is 0.929 bits per heavy atom. The molecule has 214 valence electrons. The Labute approximate surface area is 243 Å². The molecule has 0 saturated heterocycles. The Morgan fingerprint density at radius 3 is 2.48 bits per heavy atom. The van der Waals surface area contributed by atoms with Crippen LogP contribution in [0.5, 0.6) is 11.5 Å². The van der Waals surface area contributed by atoms with E-state index in [9.17, 15) is 9.59 Å². The van der Waals surface area contributed by atoms with E-state index >= 15 is 0 Å². The molecule has 0 unspecified atom stereocenters. The molecule has 5 rings (SSSR count). The average molecular weight is 565 g/mol. The molecule has 4 N–H and O–H groups in total. The highest BCUT2D eigenvalue weighted by Gasteiger charge is 2.15. The third kappa shape index (κ3) is 6.73. The van der Waals surface area contributed by atoms with Gasteiger partial charge in [-0.2, -0.15) is 5.10 Å². The Bertz CT molecular complexity index is 1710. The zero-order valence-electron chi connectivity index (χ0n) is 23.4. The van der Waals surface area contributed by atoms with Gasteiger partial charge in [0.2, 0.25) is 0 Å². The van der Waals surface area contributed by atoms with E-state index in [0.29, 0.717) is 23.0 Å². The van der Waals surface area contributed by atoms with E-state index in [-0.39, 0.29) is 5.82 Å². The maximum absolute atomic E-state index is 13.3. The van der Waals surface area contributed by atoms with E-state index in [4.69, 9.17) is 14.9 Å². The predicted molar refractivity (Wildman–Crippen MR) is 164 cm³/mol. The van der Waals surface area contributed by atoms with Crippen molar-refractivity contribution in [1.29, 1.82) is 0 Å². The quantitative estimate of drug-likeness (QED) is 0.154. The molecule has 3 aromatic carbocycles. The van der Waals surface area contributed by atoms with Gasteiger partial charge in [0.25, 0.3) is 5.91 Å². The molecule has 5 aromatic rings. The standard InChI is InChI=1S/C32H32N6O4/c1-3-4-7-22-18-30(38(37-22)23-12-10-21(2)11-13-23)36-32(41)34-27-14-15-28(26-9-6-5-8-25(26)27)42-24-16-17-33-29(19-24)35-31(40)20-39/h5-6,8-19,39H,3-4,7,20H2,1-2H3,(H,33,35,40)(H2,34,36,41). The lowest BCUT2D eigenvalue weighted by molar-refractivity contribution is -0.118. The second-order valence-corrected chi connectivity index (χ2v) is 9.79. The predicted octanol–water partition coefficient (Wildman–Crippen LogP) is 6.44. The normalized spacial score (nSPS) is 10.8. The highest BCUT2D eigenvalue weighted by Crippen LogP contribution is 2.35. The van der Waals surface area contributed by atoms with Gasteiger partial charge in [-0.25, -0.2) is 14.5 Å². The van der Waals surface area contributed by atoms with Crippen LogP contribution in [-0.4, -0.2) is 38.4 Å². The van der Waals surface area contributed by atoms with Crippen LogP contribution < -0.4 is 20.7 Å². The van der Waals surface area contributed by atoms with Crippen LogP contribution in [0, 0.1) is 6.92 Å².